The molecule has 0 bridgehead atoms. The van der Waals surface area contributed by atoms with E-state index < -0.39 is 28.3 Å². The SMILES string of the molecule is CN(Cc1nc(-c2ccccc2)no1)C(=O)CN(c1ccccc1F)S(C)(=O)=O. The van der Waals surface area contributed by atoms with E-state index in [1.165, 1.54) is 30.1 Å². The van der Waals surface area contributed by atoms with E-state index in [1.807, 2.05) is 30.3 Å². The number of halogens is 1. The molecule has 0 aliphatic heterocycles. The Hall–Kier alpha value is -3.27. The fourth-order valence-electron chi connectivity index (χ4n) is 2.59. The average Bonchev–Trinajstić information content (AvgIpc) is 3.15. The van der Waals surface area contributed by atoms with Crippen LogP contribution in [-0.2, 0) is 21.4 Å². The van der Waals surface area contributed by atoms with E-state index >= 15 is 0 Å². The van der Waals surface area contributed by atoms with E-state index in [2.05, 4.69) is 10.1 Å². The van der Waals surface area contributed by atoms with Gasteiger partial charge in [0.05, 0.1) is 18.5 Å². The molecule has 1 amide bonds. The Morgan fingerprint density at radius 1 is 1.10 bits per heavy atom. The Bertz CT molecular complexity index is 1100. The quantitative estimate of drug-likeness (QED) is 0.584. The second kappa shape index (κ2) is 8.39. The van der Waals surface area contributed by atoms with Gasteiger partial charge in [-0.15, -0.1) is 0 Å². The first-order valence-electron chi connectivity index (χ1n) is 8.60. The summed E-state index contributed by atoms with van der Waals surface area (Å²) in [5, 5.41) is 3.88. The molecule has 2 aromatic carbocycles. The van der Waals surface area contributed by atoms with Gasteiger partial charge >= 0.3 is 0 Å². The van der Waals surface area contributed by atoms with Crippen LogP contribution in [0.2, 0.25) is 0 Å². The van der Waals surface area contributed by atoms with Gasteiger partial charge in [0, 0.05) is 12.6 Å². The lowest BCUT2D eigenvalue weighted by Crippen LogP contribution is -2.41. The molecule has 152 valence electrons. The van der Waals surface area contributed by atoms with Crippen LogP contribution in [0.25, 0.3) is 11.4 Å². The fourth-order valence-corrected chi connectivity index (χ4v) is 3.44. The maximum atomic E-state index is 14.1. The van der Waals surface area contributed by atoms with Gasteiger partial charge in [-0.05, 0) is 12.1 Å². The summed E-state index contributed by atoms with van der Waals surface area (Å²) < 4.78 is 44.2. The van der Waals surface area contributed by atoms with E-state index in [1.54, 1.807) is 0 Å². The van der Waals surface area contributed by atoms with Gasteiger partial charge in [-0.25, -0.2) is 12.8 Å². The van der Waals surface area contributed by atoms with Crippen LogP contribution in [0.1, 0.15) is 5.89 Å². The number of hydrogen-bond donors (Lipinski definition) is 0. The van der Waals surface area contributed by atoms with Crippen molar-refractivity contribution in [1.82, 2.24) is 15.0 Å². The third-order valence-electron chi connectivity index (χ3n) is 4.10. The fraction of sp³-hybridized carbons (Fsp3) is 0.211. The Morgan fingerprint density at radius 2 is 1.76 bits per heavy atom. The average molecular weight is 418 g/mol. The molecule has 0 N–H and O–H groups in total. The molecule has 0 aliphatic rings. The van der Waals surface area contributed by atoms with Gasteiger partial charge in [0.1, 0.15) is 12.4 Å². The number of carbonyl (C=O) groups excluding carboxylic acids is 1. The number of amides is 1. The van der Waals surface area contributed by atoms with Crippen molar-refractivity contribution in [2.75, 3.05) is 24.2 Å². The van der Waals surface area contributed by atoms with Gasteiger partial charge in [0.25, 0.3) is 0 Å². The molecule has 0 spiro atoms. The number of sulfonamides is 1. The lowest BCUT2D eigenvalue weighted by molar-refractivity contribution is -0.129. The molecule has 0 saturated heterocycles. The Balaban J connectivity index is 1.73. The maximum Gasteiger partial charge on any atom is 0.246 e. The van der Waals surface area contributed by atoms with Crippen molar-refractivity contribution in [3.05, 3.63) is 66.3 Å². The van der Waals surface area contributed by atoms with Gasteiger partial charge in [0.2, 0.25) is 27.6 Å². The van der Waals surface area contributed by atoms with Gasteiger partial charge in [-0.3, -0.25) is 9.10 Å². The van der Waals surface area contributed by atoms with Gasteiger partial charge < -0.3 is 9.42 Å². The molecule has 1 aromatic heterocycles. The third-order valence-corrected chi connectivity index (χ3v) is 5.23. The molecular weight excluding hydrogens is 399 g/mol. The monoisotopic (exact) mass is 418 g/mol. The standard InChI is InChI=1S/C19H19FN4O4S/c1-23(12-17-21-19(22-28-17)14-8-4-3-5-9-14)18(25)13-24(29(2,26)27)16-11-7-6-10-15(16)20/h3-11H,12-13H2,1-2H3. The number of aromatic nitrogens is 2. The number of benzene rings is 2. The van der Waals surface area contributed by atoms with E-state index in [9.17, 15) is 17.6 Å². The largest absolute Gasteiger partial charge is 0.337 e. The second-order valence-corrected chi connectivity index (χ2v) is 8.26. The summed E-state index contributed by atoms with van der Waals surface area (Å²) in [6.07, 6.45) is 0.914. The van der Waals surface area contributed by atoms with Crippen molar-refractivity contribution in [2.45, 2.75) is 6.54 Å². The molecule has 29 heavy (non-hydrogen) atoms. The van der Waals surface area contributed by atoms with Crippen molar-refractivity contribution in [2.24, 2.45) is 0 Å². The molecule has 3 rings (SSSR count). The van der Waals surface area contributed by atoms with E-state index in [4.69, 9.17) is 4.52 Å². The van der Waals surface area contributed by atoms with Crippen molar-refractivity contribution in [3.63, 3.8) is 0 Å². The zero-order valence-electron chi connectivity index (χ0n) is 15.8. The summed E-state index contributed by atoms with van der Waals surface area (Å²) in [7, 11) is -2.41. The summed E-state index contributed by atoms with van der Waals surface area (Å²) in [6.45, 7) is -0.580. The predicted octanol–water partition coefficient (Wildman–Crippen LogP) is 2.30. The highest BCUT2D eigenvalue weighted by molar-refractivity contribution is 7.92. The van der Waals surface area contributed by atoms with Crippen LogP contribution in [0.3, 0.4) is 0 Å². The Morgan fingerprint density at radius 3 is 2.41 bits per heavy atom. The molecule has 3 aromatic rings. The first-order chi connectivity index (χ1) is 13.8. The minimum absolute atomic E-state index is 0.0203. The first kappa shape index (κ1) is 20.5. The first-order valence-corrected chi connectivity index (χ1v) is 10.4. The molecular formula is C19H19FN4O4S. The van der Waals surface area contributed by atoms with E-state index in [0.29, 0.717) is 5.82 Å². The summed E-state index contributed by atoms with van der Waals surface area (Å²) in [4.78, 5) is 18.1. The molecule has 0 atom stereocenters. The molecule has 0 fully saturated rings. The van der Waals surface area contributed by atoms with Crippen LogP contribution in [0.5, 0.6) is 0 Å². The zero-order valence-corrected chi connectivity index (χ0v) is 16.6. The predicted molar refractivity (Wildman–Crippen MR) is 105 cm³/mol. The highest BCUT2D eigenvalue weighted by atomic mass is 32.2. The number of likely N-dealkylation sites (N-methyl/N-ethyl adjacent to an activating group) is 1. The second-order valence-electron chi connectivity index (χ2n) is 6.35. The molecule has 0 radical (unpaired) electrons. The highest BCUT2D eigenvalue weighted by Gasteiger charge is 2.25. The number of rotatable bonds is 7. The maximum absolute atomic E-state index is 14.1. The van der Waals surface area contributed by atoms with Crippen LogP contribution in [-0.4, -0.2) is 49.2 Å². The normalized spacial score (nSPS) is 11.3. The van der Waals surface area contributed by atoms with Gasteiger partial charge in [-0.1, -0.05) is 47.6 Å². The number of nitrogens with zero attached hydrogens (tertiary/aromatic N) is 4. The van der Waals surface area contributed by atoms with Crippen molar-refractivity contribution < 1.29 is 22.1 Å². The van der Waals surface area contributed by atoms with Crippen LogP contribution in [0.4, 0.5) is 10.1 Å². The lowest BCUT2D eigenvalue weighted by Gasteiger charge is -2.24. The third kappa shape index (κ3) is 4.96. The Labute approximate surface area is 167 Å². The van der Waals surface area contributed by atoms with E-state index in [-0.39, 0.29) is 18.1 Å². The van der Waals surface area contributed by atoms with E-state index in [0.717, 1.165) is 22.2 Å². The molecule has 0 aliphatic carbocycles. The van der Waals surface area contributed by atoms with Crippen molar-refractivity contribution in [1.29, 1.82) is 0 Å². The smallest absolute Gasteiger partial charge is 0.246 e. The van der Waals surface area contributed by atoms with Crippen LogP contribution >= 0.6 is 0 Å². The molecule has 1 heterocycles. The summed E-state index contributed by atoms with van der Waals surface area (Å²) in [5.74, 6) is -0.724. The molecule has 0 saturated carbocycles. The van der Waals surface area contributed by atoms with Crippen molar-refractivity contribution >= 4 is 21.6 Å². The minimum atomic E-state index is -3.88. The number of carbonyl (C=O) groups is 1. The number of para-hydroxylation sites is 1. The summed E-state index contributed by atoms with van der Waals surface area (Å²) >= 11 is 0. The molecule has 10 heteroatoms. The zero-order chi connectivity index (χ0) is 21.0. The van der Waals surface area contributed by atoms with Crippen molar-refractivity contribution in [3.8, 4) is 11.4 Å². The lowest BCUT2D eigenvalue weighted by atomic mass is 10.2. The van der Waals surface area contributed by atoms with Gasteiger partial charge in [0.15, 0.2) is 0 Å². The van der Waals surface area contributed by atoms with Gasteiger partial charge in [-0.2, -0.15) is 4.98 Å². The van der Waals surface area contributed by atoms with Crippen LogP contribution in [0.15, 0.2) is 59.1 Å². The number of hydrogen-bond acceptors (Lipinski definition) is 6. The Kier molecular flexibility index (Phi) is 5.92. The van der Waals surface area contributed by atoms with Crippen LogP contribution < -0.4 is 4.31 Å². The number of anilines is 1. The van der Waals surface area contributed by atoms with Crippen LogP contribution in [0, 0.1) is 5.82 Å². The topological polar surface area (TPSA) is 96.6 Å². The highest BCUT2D eigenvalue weighted by Crippen LogP contribution is 2.21. The summed E-state index contributed by atoms with van der Waals surface area (Å²) in [5.41, 5.74) is 0.570. The molecule has 0 unspecified atom stereocenters. The minimum Gasteiger partial charge on any atom is -0.337 e. The summed E-state index contributed by atoms with van der Waals surface area (Å²) in [6, 6.07) is 14.5. The molecule has 8 nitrogen and oxygen atoms in total.